The van der Waals surface area contributed by atoms with Crippen molar-refractivity contribution < 1.29 is 26.5 Å². The Hall–Kier alpha value is -3.91. The maximum atomic E-state index is 14.2. The lowest BCUT2D eigenvalue weighted by Crippen LogP contribution is -2.15. The fraction of sp³-hybridized carbons (Fsp3) is 0.179. The number of fused-ring (bicyclic) bond motifs is 1. The van der Waals surface area contributed by atoms with E-state index >= 15 is 0 Å². The summed E-state index contributed by atoms with van der Waals surface area (Å²) in [5, 5.41) is 9.63. The van der Waals surface area contributed by atoms with Crippen LogP contribution in [0, 0.1) is 0 Å². The number of hydrazone groups is 1. The van der Waals surface area contributed by atoms with Crippen molar-refractivity contribution in [2.24, 2.45) is 10.1 Å². The highest BCUT2D eigenvalue weighted by Crippen LogP contribution is 2.43. The van der Waals surface area contributed by atoms with Crippen LogP contribution in [0.3, 0.4) is 0 Å². The standard InChI is InChI=1S/C28H22F5N4OP/c1-16-13-34-37(15-26(16)35-17(2)20-9-18-5-3-4-6-19(18)10-20)14-22-12-25(36-38-22)23-8-7-21(27(29,30)31)11-24(23)28(32,33)39/h3-9,11-13,15H,1,10,14,39H2,2H3. The Morgan fingerprint density at radius 2 is 1.90 bits per heavy atom. The lowest BCUT2D eigenvalue weighted by Gasteiger charge is -2.18. The quantitative estimate of drug-likeness (QED) is 0.179. The molecule has 2 aromatic carbocycles. The predicted octanol–water partition coefficient (Wildman–Crippen LogP) is 7.58. The van der Waals surface area contributed by atoms with Gasteiger partial charge in [-0.05, 0) is 48.3 Å². The summed E-state index contributed by atoms with van der Waals surface area (Å²) in [6.45, 7) is 6.00. The van der Waals surface area contributed by atoms with Gasteiger partial charge in [0.2, 0.25) is 0 Å². The molecular formula is C28H22F5N4OP. The first-order chi connectivity index (χ1) is 18.4. The Kier molecular flexibility index (Phi) is 6.84. The van der Waals surface area contributed by atoms with E-state index in [-0.39, 0.29) is 23.6 Å². The molecule has 1 unspecified atom stereocenters. The molecule has 2 heterocycles. The van der Waals surface area contributed by atoms with Crippen LogP contribution in [0.5, 0.6) is 0 Å². The van der Waals surface area contributed by atoms with Gasteiger partial charge in [0.05, 0.1) is 23.7 Å². The van der Waals surface area contributed by atoms with Crippen molar-refractivity contribution in [2.45, 2.75) is 31.7 Å². The molecule has 1 aromatic heterocycles. The highest BCUT2D eigenvalue weighted by molar-refractivity contribution is 7.17. The molecule has 0 radical (unpaired) electrons. The van der Waals surface area contributed by atoms with Gasteiger partial charge in [0.1, 0.15) is 12.2 Å². The van der Waals surface area contributed by atoms with Gasteiger partial charge >= 0.3 is 6.18 Å². The molecule has 1 aliphatic carbocycles. The summed E-state index contributed by atoms with van der Waals surface area (Å²) in [5.41, 5.74) is -0.285. The SMILES string of the molecule is C=C1C=NN(Cc2cc(-c3ccc(C(F)(F)F)cc3C(F)(F)P)no2)C=C1N=C(C)C1=Cc2ccccc2C1. The Morgan fingerprint density at radius 3 is 2.62 bits per heavy atom. The summed E-state index contributed by atoms with van der Waals surface area (Å²) in [7, 11) is 1.26. The van der Waals surface area contributed by atoms with Gasteiger partial charge in [0, 0.05) is 28.5 Å². The molecule has 5 nitrogen and oxygen atoms in total. The van der Waals surface area contributed by atoms with Crippen LogP contribution in [0.4, 0.5) is 22.0 Å². The molecule has 11 heteroatoms. The number of rotatable bonds is 6. The van der Waals surface area contributed by atoms with Crippen LogP contribution >= 0.6 is 9.24 Å². The zero-order valence-electron chi connectivity index (χ0n) is 20.6. The van der Waals surface area contributed by atoms with Crippen LogP contribution in [-0.2, 0) is 24.8 Å². The summed E-state index contributed by atoms with van der Waals surface area (Å²) in [6, 6.07) is 11.6. The van der Waals surface area contributed by atoms with Gasteiger partial charge in [-0.3, -0.25) is 10.0 Å². The van der Waals surface area contributed by atoms with Crippen molar-refractivity contribution >= 4 is 27.2 Å². The van der Waals surface area contributed by atoms with E-state index in [0.29, 0.717) is 17.3 Å². The van der Waals surface area contributed by atoms with Crippen LogP contribution in [0.1, 0.15) is 34.9 Å². The Balaban J connectivity index is 1.36. The molecule has 0 amide bonds. The van der Waals surface area contributed by atoms with Crippen LogP contribution < -0.4 is 0 Å². The third kappa shape index (κ3) is 5.76. The third-order valence-corrected chi connectivity index (χ3v) is 6.65. The number of nitrogens with zero attached hydrogens (tertiary/aromatic N) is 4. The average molecular weight is 556 g/mol. The third-order valence-electron chi connectivity index (χ3n) is 6.34. The number of aromatic nitrogens is 1. The van der Waals surface area contributed by atoms with Crippen molar-refractivity contribution in [2.75, 3.05) is 0 Å². The monoisotopic (exact) mass is 556 g/mol. The molecule has 0 bridgehead atoms. The van der Waals surface area contributed by atoms with Crippen molar-refractivity contribution in [1.29, 1.82) is 0 Å². The van der Waals surface area contributed by atoms with Crippen molar-refractivity contribution in [3.05, 3.63) is 106 Å². The highest BCUT2D eigenvalue weighted by atomic mass is 31.0. The first-order valence-electron chi connectivity index (χ1n) is 11.8. The van der Waals surface area contributed by atoms with Crippen LogP contribution in [0.25, 0.3) is 17.3 Å². The minimum absolute atomic E-state index is 0.0212. The molecule has 3 aromatic rings. The van der Waals surface area contributed by atoms with Gasteiger partial charge in [-0.1, -0.05) is 51.3 Å². The summed E-state index contributed by atoms with van der Waals surface area (Å²) < 4.78 is 73.1. The number of halogens is 5. The summed E-state index contributed by atoms with van der Waals surface area (Å²) >= 11 is 0. The normalized spacial score (nSPS) is 15.9. The lowest BCUT2D eigenvalue weighted by atomic mass is 10.0. The van der Waals surface area contributed by atoms with E-state index in [0.717, 1.165) is 29.8 Å². The Labute approximate surface area is 223 Å². The molecule has 200 valence electrons. The smallest absolute Gasteiger partial charge is 0.359 e. The van der Waals surface area contributed by atoms with Gasteiger partial charge in [-0.15, -0.1) is 0 Å². The maximum Gasteiger partial charge on any atom is 0.416 e. The maximum absolute atomic E-state index is 14.2. The van der Waals surface area contributed by atoms with Crippen LogP contribution in [0.2, 0.25) is 0 Å². The molecule has 5 rings (SSSR count). The number of alkyl halides is 5. The van der Waals surface area contributed by atoms with Gasteiger partial charge in [-0.2, -0.15) is 27.1 Å². The van der Waals surface area contributed by atoms with E-state index in [1.54, 1.807) is 12.4 Å². The predicted molar refractivity (Wildman–Crippen MR) is 143 cm³/mol. The highest BCUT2D eigenvalue weighted by Gasteiger charge is 2.36. The number of aliphatic imine (C=N–C) groups is 1. The molecule has 0 saturated carbocycles. The molecule has 39 heavy (non-hydrogen) atoms. The first-order valence-corrected chi connectivity index (χ1v) is 12.4. The fourth-order valence-electron chi connectivity index (χ4n) is 4.31. The minimum Gasteiger partial charge on any atom is -0.359 e. The van der Waals surface area contributed by atoms with Gasteiger partial charge in [0.25, 0.3) is 5.66 Å². The number of hydrogen-bond donors (Lipinski definition) is 0. The number of hydrogen-bond acceptors (Lipinski definition) is 5. The minimum atomic E-state index is -4.77. The fourth-order valence-corrected chi connectivity index (χ4v) is 4.55. The Bertz CT molecular complexity index is 1580. The second-order valence-corrected chi connectivity index (χ2v) is 9.91. The zero-order chi connectivity index (χ0) is 27.9. The van der Waals surface area contributed by atoms with E-state index in [4.69, 9.17) is 9.52 Å². The topological polar surface area (TPSA) is 54.0 Å². The summed E-state index contributed by atoms with van der Waals surface area (Å²) in [4.78, 5) is 4.75. The van der Waals surface area contributed by atoms with Gasteiger partial charge in [-0.25, -0.2) is 0 Å². The van der Waals surface area contributed by atoms with E-state index in [1.165, 1.54) is 31.4 Å². The zero-order valence-corrected chi connectivity index (χ0v) is 21.8. The van der Waals surface area contributed by atoms with Gasteiger partial charge < -0.3 is 4.52 Å². The van der Waals surface area contributed by atoms with Crippen molar-refractivity contribution in [1.82, 2.24) is 10.2 Å². The molecule has 0 saturated heterocycles. The second-order valence-electron chi connectivity index (χ2n) is 9.18. The molecule has 0 N–H and O–H groups in total. The molecule has 1 aliphatic heterocycles. The molecule has 2 aliphatic rings. The van der Waals surface area contributed by atoms with E-state index < -0.39 is 23.0 Å². The van der Waals surface area contributed by atoms with Crippen LogP contribution in [-0.4, -0.2) is 22.1 Å². The molecular weight excluding hydrogens is 534 g/mol. The van der Waals surface area contributed by atoms with E-state index in [1.807, 2.05) is 19.1 Å². The van der Waals surface area contributed by atoms with E-state index in [2.05, 4.69) is 35.0 Å². The average Bonchev–Trinajstić information content (AvgIpc) is 3.52. The Morgan fingerprint density at radius 1 is 1.13 bits per heavy atom. The summed E-state index contributed by atoms with van der Waals surface area (Å²) in [5.74, 6) is 0.262. The largest absolute Gasteiger partial charge is 0.416 e. The number of allylic oxidation sites excluding steroid dienone is 2. The van der Waals surface area contributed by atoms with Crippen LogP contribution in [0.15, 0.2) is 92.8 Å². The first kappa shape index (κ1) is 26.7. The molecule has 1 atom stereocenters. The van der Waals surface area contributed by atoms with Gasteiger partial charge in [0.15, 0.2) is 5.76 Å². The lowest BCUT2D eigenvalue weighted by molar-refractivity contribution is -0.137. The number of benzene rings is 2. The van der Waals surface area contributed by atoms with Crippen molar-refractivity contribution in [3.63, 3.8) is 0 Å². The summed E-state index contributed by atoms with van der Waals surface area (Å²) in [6.07, 6.45) is 1.35. The van der Waals surface area contributed by atoms with E-state index in [9.17, 15) is 22.0 Å². The second kappa shape index (κ2) is 10.0. The van der Waals surface area contributed by atoms with Crippen molar-refractivity contribution in [3.8, 4) is 11.3 Å². The molecule has 0 spiro atoms. The molecule has 0 fully saturated rings.